The van der Waals surface area contributed by atoms with Crippen molar-refractivity contribution in [1.82, 2.24) is 14.9 Å². The number of hydrogen-bond acceptors (Lipinski definition) is 3. The Labute approximate surface area is 110 Å². The van der Waals surface area contributed by atoms with E-state index in [1.807, 2.05) is 24.3 Å². The second-order valence-electron chi connectivity index (χ2n) is 4.38. The van der Waals surface area contributed by atoms with E-state index in [0.717, 1.165) is 23.9 Å². The number of nitrogens with zero attached hydrogens (tertiary/aromatic N) is 1. The lowest BCUT2D eigenvalue weighted by Gasteiger charge is -2.05. The number of nitrogens with one attached hydrogen (secondary N) is 2. The number of carbonyl (C=O) groups excluding carboxylic acids is 1. The number of H-pyrrole nitrogens is 1. The van der Waals surface area contributed by atoms with E-state index in [9.17, 15) is 9.59 Å². The summed E-state index contributed by atoms with van der Waals surface area (Å²) in [5.41, 5.74) is 6.59. The monoisotopic (exact) mass is 262 g/mol. The van der Waals surface area contributed by atoms with Gasteiger partial charge in [-0.05, 0) is 31.5 Å². The van der Waals surface area contributed by atoms with Gasteiger partial charge < -0.3 is 16.0 Å². The van der Waals surface area contributed by atoms with Gasteiger partial charge in [0, 0.05) is 6.54 Å². The fourth-order valence-corrected chi connectivity index (χ4v) is 1.96. The summed E-state index contributed by atoms with van der Waals surface area (Å²) in [5.74, 6) is -0.163. The van der Waals surface area contributed by atoms with Crippen LogP contribution in [0.15, 0.2) is 29.1 Å². The number of aromatic amines is 1. The van der Waals surface area contributed by atoms with Crippen LogP contribution in [0, 0.1) is 0 Å². The van der Waals surface area contributed by atoms with Crippen LogP contribution in [0.2, 0.25) is 0 Å². The third kappa shape index (κ3) is 3.23. The molecule has 4 N–H and O–H groups in total. The molecule has 6 heteroatoms. The van der Waals surface area contributed by atoms with Crippen LogP contribution in [0.4, 0.5) is 0 Å². The van der Waals surface area contributed by atoms with Gasteiger partial charge in [-0.2, -0.15) is 0 Å². The number of rotatable bonds is 6. The molecule has 0 radical (unpaired) electrons. The van der Waals surface area contributed by atoms with Crippen molar-refractivity contribution in [1.29, 1.82) is 0 Å². The molecule has 0 atom stereocenters. The summed E-state index contributed by atoms with van der Waals surface area (Å²) in [7, 11) is 0. The first-order valence-electron chi connectivity index (χ1n) is 6.36. The molecule has 1 amide bonds. The quantitative estimate of drug-likeness (QED) is 0.648. The first-order chi connectivity index (χ1) is 9.22. The molecule has 0 aliphatic heterocycles. The molecular formula is C13H18N4O2. The van der Waals surface area contributed by atoms with Gasteiger partial charge in [-0.25, -0.2) is 4.79 Å². The highest BCUT2D eigenvalue weighted by Crippen LogP contribution is 2.08. The summed E-state index contributed by atoms with van der Waals surface area (Å²) in [6, 6.07) is 7.31. The van der Waals surface area contributed by atoms with Crippen molar-refractivity contribution in [2.24, 2.45) is 5.73 Å². The zero-order valence-corrected chi connectivity index (χ0v) is 10.7. The van der Waals surface area contributed by atoms with Gasteiger partial charge in [0.1, 0.15) is 6.54 Å². The van der Waals surface area contributed by atoms with Gasteiger partial charge in [-0.3, -0.25) is 9.36 Å². The number of aromatic nitrogens is 2. The normalized spacial score (nSPS) is 10.8. The number of benzene rings is 1. The zero-order chi connectivity index (χ0) is 13.7. The van der Waals surface area contributed by atoms with E-state index in [1.54, 1.807) is 0 Å². The maximum Gasteiger partial charge on any atom is 0.326 e. The smallest absolute Gasteiger partial charge is 0.326 e. The number of unbranched alkanes of at least 4 members (excludes halogenated alkanes) is 1. The summed E-state index contributed by atoms with van der Waals surface area (Å²) >= 11 is 0. The van der Waals surface area contributed by atoms with E-state index in [1.165, 1.54) is 4.57 Å². The van der Waals surface area contributed by atoms with Crippen LogP contribution in [0.1, 0.15) is 12.8 Å². The van der Waals surface area contributed by atoms with Crippen LogP contribution in [0.25, 0.3) is 11.0 Å². The molecule has 102 valence electrons. The molecule has 0 aliphatic carbocycles. The van der Waals surface area contributed by atoms with Crippen LogP contribution in [0.5, 0.6) is 0 Å². The van der Waals surface area contributed by atoms with Crippen molar-refractivity contribution in [3.8, 4) is 0 Å². The average molecular weight is 262 g/mol. The zero-order valence-electron chi connectivity index (χ0n) is 10.7. The molecule has 0 bridgehead atoms. The van der Waals surface area contributed by atoms with Gasteiger partial charge in [-0.1, -0.05) is 12.1 Å². The van der Waals surface area contributed by atoms with E-state index in [4.69, 9.17) is 5.73 Å². The third-order valence-electron chi connectivity index (χ3n) is 2.94. The number of carbonyl (C=O) groups is 1. The summed E-state index contributed by atoms with van der Waals surface area (Å²) in [4.78, 5) is 26.2. The molecule has 1 aromatic carbocycles. The van der Waals surface area contributed by atoms with Crippen molar-refractivity contribution in [2.45, 2.75) is 19.4 Å². The Morgan fingerprint density at radius 3 is 2.89 bits per heavy atom. The lowest BCUT2D eigenvalue weighted by molar-refractivity contribution is -0.121. The number of nitrogens with two attached hydrogens (primary N) is 1. The predicted molar refractivity (Wildman–Crippen MR) is 73.9 cm³/mol. The Kier molecular flexibility index (Phi) is 4.35. The van der Waals surface area contributed by atoms with E-state index in [-0.39, 0.29) is 18.1 Å². The number of hydrogen-bond donors (Lipinski definition) is 3. The van der Waals surface area contributed by atoms with Crippen molar-refractivity contribution in [3.63, 3.8) is 0 Å². The van der Waals surface area contributed by atoms with E-state index >= 15 is 0 Å². The molecule has 1 heterocycles. The molecule has 0 spiro atoms. The lowest BCUT2D eigenvalue weighted by Crippen LogP contribution is -2.32. The molecule has 0 fully saturated rings. The molecule has 19 heavy (non-hydrogen) atoms. The fraction of sp³-hybridized carbons (Fsp3) is 0.385. The molecule has 0 aliphatic rings. The predicted octanol–water partition coefficient (Wildman–Crippen LogP) is 0.185. The Morgan fingerprint density at radius 2 is 2.11 bits per heavy atom. The minimum atomic E-state index is -0.265. The first kappa shape index (κ1) is 13.4. The molecule has 1 aromatic heterocycles. The van der Waals surface area contributed by atoms with Crippen LogP contribution < -0.4 is 16.7 Å². The van der Waals surface area contributed by atoms with Crippen molar-refractivity contribution < 1.29 is 4.79 Å². The maximum atomic E-state index is 11.8. The third-order valence-corrected chi connectivity index (χ3v) is 2.94. The van der Waals surface area contributed by atoms with E-state index in [0.29, 0.717) is 13.1 Å². The molecule has 6 nitrogen and oxygen atoms in total. The summed E-state index contributed by atoms with van der Waals surface area (Å²) in [6.07, 6.45) is 1.73. The molecule has 0 saturated heterocycles. The van der Waals surface area contributed by atoms with Crippen LogP contribution in [-0.2, 0) is 11.3 Å². The van der Waals surface area contributed by atoms with Crippen molar-refractivity contribution in [2.75, 3.05) is 13.1 Å². The van der Waals surface area contributed by atoms with Gasteiger partial charge in [0.05, 0.1) is 11.0 Å². The van der Waals surface area contributed by atoms with E-state index in [2.05, 4.69) is 10.3 Å². The number of para-hydroxylation sites is 2. The molecule has 0 saturated carbocycles. The molecule has 2 aromatic rings. The van der Waals surface area contributed by atoms with Crippen molar-refractivity contribution >= 4 is 16.9 Å². The van der Waals surface area contributed by atoms with E-state index < -0.39 is 0 Å². The minimum Gasteiger partial charge on any atom is -0.355 e. The Morgan fingerprint density at radius 1 is 1.32 bits per heavy atom. The first-order valence-corrected chi connectivity index (χ1v) is 6.36. The van der Waals surface area contributed by atoms with Gasteiger partial charge in [-0.15, -0.1) is 0 Å². The fourth-order valence-electron chi connectivity index (χ4n) is 1.96. The second kappa shape index (κ2) is 6.19. The highest BCUT2D eigenvalue weighted by atomic mass is 16.2. The molecule has 0 unspecified atom stereocenters. The van der Waals surface area contributed by atoms with Gasteiger partial charge in [0.25, 0.3) is 0 Å². The Balaban J connectivity index is 2.03. The maximum absolute atomic E-state index is 11.8. The molecule has 2 rings (SSSR count). The number of fused-ring (bicyclic) bond motifs is 1. The lowest BCUT2D eigenvalue weighted by atomic mass is 10.3. The van der Waals surface area contributed by atoms with Crippen LogP contribution in [-0.4, -0.2) is 28.5 Å². The van der Waals surface area contributed by atoms with Crippen LogP contribution >= 0.6 is 0 Å². The van der Waals surface area contributed by atoms with Gasteiger partial charge in [0.2, 0.25) is 5.91 Å². The summed E-state index contributed by atoms with van der Waals surface area (Å²) in [5, 5.41) is 2.78. The molecular weight excluding hydrogens is 244 g/mol. The highest BCUT2D eigenvalue weighted by molar-refractivity contribution is 5.80. The summed E-state index contributed by atoms with van der Waals surface area (Å²) < 4.78 is 1.44. The number of imidazole rings is 1. The number of amides is 1. The van der Waals surface area contributed by atoms with Gasteiger partial charge >= 0.3 is 5.69 Å². The standard InChI is InChI=1S/C13H18N4O2/c14-7-3-4-8-15-12(18)9-17-11-6-2-1-5-10(11)16-13(17)19/h1-2,5-6H,3-4,7-9,14H2,(H,15,18)(H,16,19). The van der Waals surface area contributed by atoms with Crippen LogP contribution in [0.3, 0.4) is 0 Å². The summed E-state index contributed by atoms with van der Waals surface area (Å²) in [6.45, 7) is 1.25. The minimum absolute atomic E-state index is 0.0332. The Bertz CT molecular complexity index is 614. The van der Waals surface area contributed by atoms with Crippen molar-refractivity contribution in [3.05, 3.63) is 34.7 Å². The Hall–Kier alpha value is -2.08. The second-order valence-corrected chi connectivity index (χ2v) is 4.38. The largest absolute Gasteiger partial charge is 0.355 e. The van der Waals surface area contributed by atoms with Gasteiger partial charge in [0.15, 0.2) is 0 Å². The SMILES string of the molecule is NCCCCNC(=O)Cn1c(=O)[nH]c2ccccc21. The topological polar surface area (TPSA) is 92.9 Å². The highest BCUT2D eigenvalue weighted by Gasteiger charge is 2.09. The average Bonchev–Trinajstić information content (AvgIpc) is 2.72.